The second-order valence-electron chi connectivity index (χ2n) is 4.73. The first-order chi connectivity index (χ1) is 9.99. The molecule has 0 heterocycles. The van der Waals surface area contributed by atoms with Crippen LogP contribution in [0.15, 0.2) is 28.5 Å². The zero-order chi connectivity index (χ0) is 16.1. The highest BCUT2D eigenvalue weighted by molar-refractivity contribution is 6.29. The van der Waals surface area contributed by atoms with E-state index >= 15 is 0 Å². The summed E-state index contributed by atoms with van der Waals surface area (Å²) in [6, 6.07) is 0. The molecular weight excluding hydrogens is 288 g/mol. The van der Waals surface area contributed by atoms with Crippen molar-refractivity contribution in [3.8, 4) is 0 Å². The van der Waals surface area contributed by atoms with Gasteiger partial charge in [-0.2, -0.15) is 0 Å². The third-order valence-electron chi connectivity index (χ3n) is 2.65. The third-order valence-corrected chi connectivity index (χ3v) is 2.86. The quantitative estimate of drug-likeness (QED) is 0.266. The molecule has 0 saturated carbocycles. The molecule has 2 N–H and O–H groups in total. The van der Waals surface area contributed by atoms with Crippen molar-refractivity contribution in [3.63, 3.8) is 0 Å². The first kappa shape index (κ1) is 19.8. The molecule has 0 bridgehead atoms. The van der Waals surface area contributed by atoms with Crippen LogP contribution in [0.2, 0.25) is 0 Å². The Morgan fingerprint density at radius 1 is 1.38 bits per heavy atom. The zero-order valence-corrected chi connectivity index (χ0v) is 14.0. The van der Waals surface area contributed by atoms with Gasteiger partial charge in [-0.15, -0.1) is 0 Å². The van der Waals surface area contributed by atoms with Gasteiger partial charge in [-0.05, 0) is 33.0 Å². The van der Waals surface area contributed by atoms with E-state index in [-0.39, 0.29) is 5.91 Å². The number of allylic oxidation sites excluding steroid dienone is 1. The van der Waals surface area contributed by atoms with E-state index in [1.807, 2.05) is 0 Å². The highest BCUT2D eigenvalue weighted by atomic mass is 35.5. The Labute approximate surface area is 133 Å². The SMILES string of the molecule is C=C(/C=C(/Cl)N=CC)NC(=O)CCNCCN(C)CCC. The molecule has 120 valence electrons. The standard InChI is InChI=1S/C15H27ClN4O/c1-5-10-20(4)11-9-17-8-7-15(21)19-13(3)12-14(16)18-6-2/h6,12,17H,3,5,7-11H2,1-2,4H3,(H,19,21)/b14-12-,18-6?. The van der Waals surface area contributed by atoms with Gasteiger partial charge in [-0.25, -0.2) is 4.99 Å². The molecule has 0 rings (SSSR count). The lowest BCUT2D eigenvalue weighted by molar-refractivity contribution is -0.120. The van der Waals surface area contributed by atoms with Gasteiger partial charge >= 0.3 is 0 Å². The van der Waals surface area contributed by atoms with Crippen molar-refractivity contribution >= 4 is 23.7 Å². The number of aliphatic imine (C=N–C) groups is 1. The molecule has 0 aromatic rings. The Bertz CT molecular complexity index is 380. The van der Waals surface area contributed by atoms with E-state index in [0.717, 1.165) is 26.1 Å². The molecular formula is C15H27ClN4O. The smallest absolute Gasteiger partial charge is 0.225 e. The van der Waals surface area contributed by atoms with Gasteiger partial charge in [0.2, 0.25) is 5.91 Å². The minimum absolute atomic E-state index is 0.0874. The van der Waals surface area contributed by atoms with E-state index < -0.39 is 0 Å². The molecule has 0 spiro atoms. The maximum Gasteiger partial charge on any atom is 0.225 e. The molecule has 0 atom stereocenters. The van der Waals surface area contributed by atoms with Crippen LogP contribution in [0.1, 0.15) is 26.7 Å². The van der Waals surface area contributed by atoms with Gasteiger partial charge in [-0.3, -0.25) is 4.79 Å². The van der Waals surface area contributed by atoms with Gasteiger partial charge in [0.1, 0.15) is 5.16 Å². The predicted molar refractivity (Wildman–Crippen MR) is 90.7 cm³/mol. The molecule has 21 heavy (non-hydrogen) atoms. The topological polar surface area (TPSA) is 56.7 Å². The first-order valence-corrected chi connectivity index (χ1v) is 7.61. The molecule has 0 saturated heterocycles. The lowest BCUT2D eigenvalue weighted by atomic mass is 10.3. The average molecular weight is 315 g/mol. The summed E-state index contributed by atoms with van der Waals surface area (Å²) in [5.41, 5.74) is 0.443. The molecule has 0 aliphatic heterocycles. The van der Waals surface area contributed by atoms with Crippen LogP contribution in [0.25, 0.3) is 0 Å². The summed E-state index contributed by atoms with van der Waals surface area (Å²) in [6.45, 7) is 11.2. The number of hydrogen-bond acceptors (Lipinski definition) is 4. The monoisotopic (exact) mass is 314 g/mol. The lowest BCUT2D eigenvalue weighted by Crippen LogP contribution is -2.32. The summed E-state index contributed by atoms with van der Waals surface area (Å²) >= 11 is 5.79. The number of likely N-dealkylation sites (N-methyl/N-ethyl adjacent to an activating group) is 1. The van der Waals surface area contributed by atoms with E-state index in [1.54, 1.807) is 13.1 Å². The average Bonchev–Trinajstić information content (AvgIpc) is 2.38. The Morgan fingerprint density at radius 2 is 2.10 bits per heavy atom. The normalized spacial score (nSPS) is 12.1. The minimum atomic E-state index is -0.0874. The summed E-state index contributed by atoms with van der Waals surface area (Å²) < 4.78 is 0. The Kier molecular flexibility index (Phi) is 11.9. The van der Waals surface area contributed by atoms with Crippen LogP contribution in [0, 0.1) is 0 Å². The number of nitrogens with one attached hydrogen (secondary N) is 2. The van der Waals surface area contributed by atoms with Crippen molar-refractivity contribution in [1.29, 1.82) is 0 Å². The summed E-state index contributed by atoms with van der Waals surface area (Å²) in [5.74, 6) is -0.0874. The fraction of sp³-hybridized carbons (Fsp3) is 0.600. The summed E-state index contributed by atoms with van der Waals surface area (Å²) in [6.07, 6.45) is 4.65. The van der Waals surface area contributed by atoms with Crippen LogP contribution in [-0.4, -0.2) is 50.2 Å². The summed E-state index contributed by atoms with van der Waals surface area (Å²) in [4.78, 5) is 17.8. The molecule has 0 aromatic heterocycles. The van der Waals surface area contributed by atoms with Crippen molar-refractivity contribution in [1.82, 2.24) is 15.5 Å². The van der Waals surface area contributed by atoms with Crippen LogP contribution in [-0.2, 0) is 4.79 Å². The molecule has 1 amide bonds. The fourth-order valence-corrected chi connectivity index (χ4v) is 1.90. The van der Waals surface area contributed by atoms with Crippen LogP contribution in [0.5, 0.6) is 0 Å². The Balaban J connectivity index is 3.76. The highest BCUT2D eigenvalue weighted by Gasteiger charge is 2.02. The molecule has 0 radical (unpaired) electrons. The summed E-state index contributed by atoms with van der Waals surface area (Å²) in [7, 11) is 2.09. The maximum atomic E-state index is 11.7. The second kappa shape index (κ2) is 12.6. The first-order valence-electron chi connectivity index (χ1n) is 7.23. The van der Waals surface area contributed by atoms with E-state index in [9.17, 15) is 4.79 Å². The number of amides is 1. The van der Waals surface area contributed by atoms with Crippen molar-refractivity contribution in [2.24, 2.45) is 4.99 Å². The fourth-order valence-electron chi connectivity index (χ4n) is 1.67. The van der Waals surface area contributed by atoms with Gasteiger partial charge in [-0.1, -0.05) is 25.1 Å². The molecule has 0 unspecified atom stereocenters. The Morgan fingerprint density at radius 3 is 2.71 bits per heavy atom. The summed E-state index contributed by atoms with van der Waals surface area (Å²) in [5, 5.41) is 6.20. The number of rotatable bonds is 11. The molecule has 0 fully saturated rings. The van der Waals surface area contributed by atoms with E-state index in [1.165, 1.54) is 6.08 Å². The molecule has 0 aromatic carbocycles. The van der Waals surface area contributed by atoms with Gasteiger partial charge < -0.3 is 15.5 Å². The molecule has 5 nitrogen and oxygen atoms in total. The lowest BCUT2D eigenvalue weighted by Gasteiger charge is -2.15. The minimum Gasteiger partial charge on any atom is -0.327 e. The van der Waals surface area contributed by atoms with Gasteiger partial charge in [0, 0.05) is 38.0 Å². The van der Waals surface area contributed by atoms with Gasteiger partial charge in [0.15, 0.2) is 0 Å². The predicted octanol–water partition coefficient (Wildman–Crippen LogP) is 2.11. The van der Waals surface area contributed by atoms with E-state index in [2.05, 4.69) is 41.1 Å². The third kappa shape index (κ3) is 12.3. The number of nitrogens with zero attached hydrogens (tertiary/aromatic N) is 2. The van der Waals surface area contributed by atoms with Crippen molar-refractivity contribution in [2.45, 2.75) is 26.7 Å². The van der Waals surface area contributed by atoms with Crippen LogP contribution >= 0.6 is 11.6 Å². The molecule has 6 heteroatoms. The number of hydrogen-bond donors (Lipinski definition) is 2. The number of halogens is 1. The van der Waals surface area contributed by atoms with E-state index in [4.69, 9.17) is 11.6 Å². The van der Waals surface area contributed by atoms with Crippen LogP contribution in [0.3, 0.4) is 0 Å². The molecule has 0 aliphatic carbocycles. The van der Waals surface area contributed by atoms with Crippen molar-refractivity contribution in [2.75, 3.05) is 33.2 Å². The van der Waals surface area contributed by atoms with Gasteiger partial charge in [0.25, 0.3) is 0 Å². The molecule has 0 aliphatic rings. The highest BCUT2D eigenvalue weighted by Crippen LogP contribution is 2.04. The van der Waals surface area contributed by atoms with Gasteiger partial charge in [0.05, 0.1) is 0 Å². The van der Waals surface area contributed by atoms with E-state index in [0.29, 0.717) is 23.8 Å². The largest absolute Gasteiger partial charge is 0.327 e. The second-order valence-corrected chi connectivity index (χ2v) is 5.12. The maximum absolute atomic E-state index is 11.7. The Hall–Kier alpha value is -1.17. The van der Waals surface area contributed by atoms with Crippen LogP contribution in [0.4, 0.5) is 0 Å². The number of carbonyl (C=O) groups is 1. The number of carbonyl (C=O) groups excluding carboxylic acids is 1. The van der Waals surface area contributed by atoms with Crippen molar-refractivity contribution in [3.05, 3.63) is 23.5 Å². The van der Waals surface area contributed by atoms with Crippen LogP contribution < -0.4 is 10.6 Å². The van der Waals surface area contributed by atoms with Crippen molar-refractivity contribution < 1.29 is 4.79 Å². The zero-order valence-electron chi connectivity index (χ0n) is 13.3.